The molecule has 138 valence electrons. The Morgan fingerprint density at radius 3 is 2.65 bits per heavy atom. The van der Waals surface area contributed by atoms with Gasteiger partial charge in [-0.15, -0.1) is 0 Å². The molecule has 5 nitrogen and oxygen atoms in total. The molecule has 26 heavy (non-hydrogen) atoms. The van der Waals surface area contributed by atoms with Crippen molar-refractivity contribution in [3.63, 3.8) is 0 Å². The van der Waals surface area contributed by atoms with Crippen LogP contribution in [0.1, 0.15) is 18.4 Å². The highest BCUT2D eigenvalue weighted by molar-refractivity contribution is 5.92. The van der Waals surface area contributed by atoms with Crippen LogP contribution < -0.4 is 15.4 Å². The number of rotatable bonds is 8. The van der Waals surface area contributed by atoms with E-state index in [0.717, 1.165) is 42.9 Å². The van der Waals surface area contributed by atoms with E-state index < -0.39 is 0 Å². The summed E-state index contributed by atoms with van der Waals surface area (Å²) in [7, 11) is 0. The van der Waals surface area contributed by atoms with E-state index in [1.807, 2.05) is 54.6 Å². The minimum Gasteiger partial charge on any atom is -0.491 e. The molecule has 0 aliphatic carbocycles. The highest BCUT2D eigenvalue weighted by Crippen LogP contribution is 2.17. The van der Waals surface area contributed by atoms with E-state index in [1.165, 1.54) is 0 Å². The smallest absolute Gasteiger partial charge is 0.227 e. The predicted octanol–water partition coefficient (Wildman–Crippen LogP) is 3.22. The van der Waals surface area contributed by atoms with E-state index >= 15 is 0 Å². The first kappa shape index (κ1) is 18.4. The Hall–Kier alpha value is -2.37. The van der Waals surface area contributed by atoms with Crippen LogP contribution in [0.2, 0.25) is 0 Å². The summed E-state index contributed by atoms with van der Waals surface area (Å²) in [6.07, 6.45) is 1.80. The van der Waals surface area contributed by atoms with E-state index in [-0.39, 0.29) is 11.8 Å². The molecule has 1 amide bonds. The molecule has 1 saturated heterocycles. The van der Waals surface area contributed by atoms with Crippen molar-refractivity contribution >= 4 is 11.6 Å². The molecule has 0 radical (unpaired) electrons. The van der Waals surface area contributed by atoms with Crippen molar-refractivity contribution in [1.82, 2.24) is 5.32 Å². The molecule has 5 heteroatoms. The van der Waals surface area contributed by atoms with Gasteiger partial charge in [-0.1, -0.05) is 30.3 Å². The number of nitrogens with one attached hydrogen (secondary N) is 2. The lowest BCUT2D eigenvalue weighted by Crippen LogP contribution is -2.34. The second kappa shape index (κ2) is 9.94. The van der Waals surface area contributed by atoms with Crippen molar-refractivity contribution in [3.8, 4) is 5.75 Å². The fourth-order valence-electron chi connectivity index (χ4n) is 2.99. The number of para-hydroxylation sites is 1. The summed E-state index contributed by atoms with van der Waals surface area (Å²) in [6, 6.07) is 17.5. The molecule has 0 bridgehead atoms. The lowest BCUT2D eigenvalue weighted by atomic mass is 9.97. The van der Waals surface area contributed by atoms with Crippen LogP contribution in [0.15, 0.2) is 54.6 Å². The van der Waals surface area contributed by atoms with Crippen LogP contribution in [0, 0.1) is 5.92 Å². The summed E-state index contributed by atoms with van der Waals surface area (Å²) < 4.78 is 11.3. The second-order valence-electron chi connectivity index (χ2n) is 6.43. The molecule has 1 fully saturated rings. The summed E-state index contributed by atoms with van der Waals surface area (Å²) in [5, 5.41) is 6.31. The summed E-state index contributed by atoms with van der Waals surface area (Å²) in [4.78, 5) is 12.3. The predicted molar refractivity (Wildman–Crippen MR) is 102 cm³/mol. The third-order valence-electron chi connectivity index (χ3n) is 4.41. The van der Waals surface area contributed by atoms with Gasteiger partial charge in [0.1, 0.15) is 12.4 Å². The maximum Gasteiger partial charge on any atom is 0.227 e. The molecule has 0 aromatic heterocycles. The molecule has 0 unspecified atom stereocenters. The maximum absolute atomic E-state index is 12.3. The zero-order chi connectivity index (χ0) is 18.0. The lowest BCUT2D eigenvalue weighted by molar-refractivity contribution is -0.120. The summed E-state index contributed by atoms with van der Waals surface area (Å²) >= 11 is 0. The van der Waals surface area contributed by atoms with Crippen molar-refractivity contribution in [1.29, 1.82) is 0 Å². The zero-order valence-electron chi connectivity index (χ0n) is 14.9. The third-order valence-corrected chi connectivity index (χ3v) is 4.41. The first-order valence-corrected chi connectivity index (χ1v) is 9.17. The van der Waals surface area contributed by atoms with Crippen molar-refractivity contribution < 1.29 is 14.3 Å². The zero-order valence-corrected chi connectivity index (χ0v) is 14.9. The molecule has 3 rings (SSSR count). The Morgan fingerprint density at radius 2 is 1.85 bits per heavy atom. The molecule has 0 spiro atoms. The van der Waals surface area contributed by atoms with Crippen LogP contribution in [-0.2, 0) is 16.1 Å². The first-order chi connectivity index (χ1) is 12.8. The highest BCUT2D eigenvalue weighted by Gasteiger charge is 2.20. The van der Waals surface area contributed by atoms with E-state index in [4.69, 9.17) is 9.47 Å². The van der Waals surface area contributed by atoms with E-state index in [1.54, 1.807) is 0 Å². The van der Waals surface area contributed by atoms with Crippen LogP contribution in [-0.4, -0.2) is 32.2 Å². The molecule has 0 atom stereocenters. The maximum atomic E-state index is 12.3. The Labute approximate surface area is 154 Å². The average Bonchev–Trinajstić information content (AvgIpc) is 2.69. The van der Waals surface area contributed by atoms with Gasteiger partial charge in [-0.2, -0.15) is 0 Å². The van der Waals surface area contributed by atoms with Crippen LogP contribution >= 0.6 is 0 Å². The lowest BCUT2D eigenvalue weighted by Gasteiger charge is -2.21. The molecular weight excluding hydrogens is 328 g/mol. The minimum atomic E-state index is 0.103. The van der Waals surface area contributed by atoms with Crippen molar-refractivity contribution in [3.05, 3.63) is 60.2 Å². The molecule has 2 N–H and O–H groups in total. The van der Waals surface area contributed by atoms with Gasteiger partial charge in [0.25, 0.3) is 0 Å². The number of benzene rings is 2. The summed E-state index contributed by atoms with van der Waals surface area (Å²) in [5.41, 5.74) is 1.86. The number of carbonyl (C=O) groups is 1. The van der Waals surface area contributed by atoms with Crippen molar-refractivity contribution in [2.75, 3.05) is 31.6 Å². The number of carbonyl (C=O) groups excluding carboxylic acids is 1. The summed E-state index contributed by atoms with van der Waals surface area (Å²) in [6.45, 7) is 3.35. The first-order valence-electron chi connectivity index (χ1n) is 9.17. The molecular formula is C21H26N2O3. The summed E-state index contributed by atoms with van der Waals surface area (Å²) in [5.74, 6) is 1.06. The number of amides is 1. The number of ether oxygens (including phenoxy) is 2. The quantitative estimate of drug-likeness (QED) is 0.715. The molecule has 2 aromatic rings. The number of hydrogen-bond donors (Lipinski definition) is 2. The highest BCUT2D eigenvalue weighted by atomic mass is 16.5. The van der Waals surface area contributed by atoms with Crippen molar-refractivity contribution in [2.24, 2.45) is 5.92 Å². The fraction of sp³-hybridized carbons (Fsp3) is 0.381. The van der Waals surface area contributed by atoms with Crippen LogP contribution in [0.25, 0.3) is 0 Å². The van der Waals surface area contributed by atoms with Crippen LogP contribution in [0.5, 0.6) is 5.75 Å². The topological polar surface area (TPSA) is 59.6 Å². The second-order valence-corrected chi connectivity index (χ2v) is 6.43. The largest absolute Gasteiger partial charge is 0.491 e. The van der Waals surface area contributed by atoms with Crippen LogP contribution in [0.3, 0.4) is 0 Å². The number of anilines is 1. The van der Waals surface area contributed by atoms with Gasteiger partial charge in [-0.3, -0.25) is 4.79 Å². The van der Waals surface area contributed by atoms with Crippen LogP contribution in [0.4, 0.5) is 5.69 Å². The van der Waals surface area contributed by atoms with Crippen molar-refractivity contribution in [2.45, 2.75) is 19.4 Å². The molecule has 2 aromatic carbocycles. The average molecular weight is 354 g/mol. The normalized spacial score (nSPS) is 14.8. The van der Waals surface area contributed by atoms with E-state index in [2.05, 4.69) is 10.6 Å². The Balaban J connectivity index is 1.40. The van der Waals surface area contributed by atoms with Gasteiger partial charge < -0.3 is 20.1 Å². The fourth-order valence-corrected chi connectivity index (χ4v) is 2.99. The third kappa shape index (κ3) is 5.86. The van der Waals surface area contributed by atoms with E-state index in [0.29, 0.717) is 19.8 Å². The molecule has 1 aliphatic heterocycles. The molecule has 1 heterocycles. The Kier molecular flexibility index (Phi) is 7.05. The monoisotopic (exact) mass is 354 g/mol. The Bertz CT molecular complexity index is 685. The Morgan fingerprint density at radius 1 is 1.04 bits per heavy atom. The SMILES string of the molecule is O=C(Nc1cccc(COCCOc2ccccc2)c1)C1CCNCC1. The van der Waals surface area contributed by atoms with Gasteiger partial charge >= 0.3 is 0 Å². The van der Waals surface area contributed by atoms with Gasteiger partial charge in [-0.05, 0) is 55.8 Å². The molecule has 0 saturated carbocycles. The van der Waals surface area contributed by atoms with Gasteiger partial charge in [0.15, 0.2) is 0 Å². The minimum absolute atomic E-state index is 0.103. The van der Waals surface area contributed by atoms with Gasteiger partial charge in [-0.25, -0.2) is 0 Å². The van der Waals surface area contributed by atoms with Gasteiger partial charge in [0.05, 0.1) is 13.2 Å². The van der Waals surface area contributed by atoms with Gasteiger partial charge in [0, 0.05) is 11.6 Å². The van der Waals surface area contributed by atoms with E-state index in [9.17, 15) is 4.79 Å². The molecule has 1 aliphatic rings. The number of piperidine rings is 1. The number of hydrogen-bond acceptors (Lipinski definition) is 4. The van der Waals surface area contributed by atoms with Gasteiger partial charge in [0.2, 0.25) is 5.91 Å². The standard InChI is InChI=1S/C21H26N2O3/c24-21(18-9-11-22-12-10-18)23-19-6-4-5-17(15-19)16-25-13-14-26-20-7-2-1-3-8-20/h1-8,15,18,22H,9-14,16H2,(H,23,24).